The highest BCUT2D eigenvalue weighted by Gasteiger charge is 2.29. The maximum atomic E-state index is 12.3. The van der Waals surface area contributed by atoms with Gasteiger partial charge in [0.25, 0.3) is 0 Å². The molecule has 5 heteroatoms. The maximum absolute atomic E-state index is 12.3. The first-order valence-corrected chi connectivity index (χ1v) is 11.2. The first-order valence-electron chi connectivity index (χ1n) is 11.2. The Labute approximate surface area is 167 Å². The summed E-state index contributed by atoms with van der Waals surface area (Å²) in [6.45, 7) is 8.27. The molecule has 0 fully saturated rings. The fourth-order valence-corrected chi connectivity index (χ4v) is 3.07. The second-order valence-corrected chi connectivity index (χ2v) is 8.41. The van der Waals surface area contributed by atoms with E-state index in [9.17, 15) is 9.90 Å². The van der Waals surface area contributed by atoms with Crippen LogP contribution >= 0.6 is 0 Å². The third-order valence-electron chi connectivity index (χ3n) is 5.05. The zero-order valence-electron chi connectivity index (χ0n) is 18.2. The van der Waals surface area contributed by atoms with Crippen LogP contribution in [0.5, 0.6) is 0 Å². The molecule has 0 aromatic carbocycles. The molecule has 0 heterocycles. The summed E-state index contributed by atoms with van der Waals surface area (Å²) in [5, 5.41) is 13.2. The van der Waals surface area contributed by atoms with E-state index in [0.717, 1.165) is 51.6 Å². The summed E-state index contributed by atoms with van der Waals surface area (Å²) in [5.74, 6) is -0.200. The van der Waals surface area contributed by atoms with Crippen molar-refractivity contribution in [3.8, 4) is 0 Å². The highest BCUT2D eigenvalue weighted by atomic mass is 16.5. The second-order valence-electron chi connectivity index (χ2n) is 8.41. The molecule has 0 rings (SSSR count). The van der Waals surface area contributed by atoms with Gasteiger partial charge in [0, 0.05) is 6.54 Å². The largest absolute Gasteiger partial charge is 0.462 e. The van der Waals surface area contributed by atoms with Crippen molar-refractivity contribution in [1.29, 1.82) is 0 Å². The van der Waals surface area contributed by atoms with Crippen molar-refractivity contribution in [3.63, 3.8) is 0 Å². The van der Waals surface area contributed by atoms with E-state index in [0.29, 0.717) is 6.54 Å². The Morgan fingerprint density at radius 1 is 1.00 bits per heavy atom. The second kappa shape index (κ2) is 17.4. The van der Waals surface area contributed by atoms with E-state index in [1.165, 1.54) is 38.5 Å². The Morgan fingerprint density at radius 3 is 2.26 bits per heavy atom. The first-order chi connectivity index (χ1) is 12.9. The fourth-order valence-electron chi connectivity index (χ4n) is 3.07. The molecule has 0 saturated heterocycles. The van der Waals surface area contributed by atoms with Gasteiger partial charge in [-0.25, -0.2) is 0 Å². The van der Waals surface area contributed by atoms with Gasteiger partial charge in [-0.1, -0.05) is 64.7 Å². The van der Waals surface area contributed by atoms with Crippen molar-refractivity contribution >= 4 is 5.97 Å². The van der Waals surface area contributed by atoms with E-state index in [-0.39, 0.29) is 12.6 Å². The van der Waals surface area contributed by atoms with Gasteiger partial charge in [-0.2, -0.15) is 0 Å². The third-order valence-corrected chi connectivity index (χ3v) is 5.05. The number of rotatable bonds is 19. The molecule has 0 aliphatic rings. The molecule has 0 aliphatic heterocycles. The summed E-state index contributed by atoms with van der Waals surface area (Å²) in [5.41, 5.74) is 4.99. The predicted molar refractivity (Wildman–Crippen MR) is 114 cm³/mol. The molecular formula is C22H46N2O3. The average molecular weight is 387 g/mol. The van der Waals surface area contributed by atoms with Crippen LogP contribution < -0.4 is 11.1 Å². The molecule has 0 aromatic heterocycles. The van der Waals surface area contributed by atoms with Gasteiger partial charge in [0.2, 0.25) is 0 Å². The minimum Gasteiger partial charge on any atom is -0.462 e. The number of hydrogen-bond donors (Lipinski definition) is 3. The van der Waals surface area contributed by atoms with E-state index in [1.807, 2.05) is 13.8 Å². The highest BCUT2D eigenvalue weighted by molar-refractivity contribution is 5.75. The predicted octanol–water partition coefficient (Wildman–Crippen LogP) is 4.17. The van der Waals surface area contributed by atoms with Crippen LogP contribution in [0.25, 0.3) is 0 Å². The summed E-state index contributed by atoms with van der Waals surface area (Å²) >= 11 is 0. The standard InChI is InChI=1S/C22H46N2O3/c1-4-5-6-7-8-9-12-15-22(2,3)21(26)27-19-20(25)18-24-17-14-11-10-13-16-23/h20,24-25H,4-19,23H2,1-3H3. The Morgan fingerprint density at radius 2 is 1.59 bits per heavy atom. The quantitative estimate of drug-likeness (QED) is 0.229. The number of aliphatic hydroxyl groups excluding tert-OH is 1. The van der Waals surface area contributed by atoms with Crippen LogP contribution in [-0.4, -0.2) is 43.4 Å². The SMILES string of the molecule is CCCCCCCCCC(C)(C)C(=O)OCC(O)CNCCCCCCN. The van der Waals surface area contributed by atoms with Gasteiger partial charge in [-0.15, -0.1) is 0 Å². The molecule has 0 aromatic rings. The minimum absolute atomic E-state index is 0.0689. The lowest BCUT2D eigenvalue weighted by Crippen LogP contribution is -2.34. The lowest BCUT2D eigenvalue weighted by atomic mass is 9.87. The van der Waals surface area contributed by atoms with Gasteiger partial charge in [0.05, 0.1) is 5.41 Å². The number of carbonyl (C=O) groups is 1. The number of hydrogen-bond acceptors (Lipinski definition) is 5. The van der Waals surface area contributed by atoms with Crippen molar-refractivity contribution < 1.29 is 14.6 Å². The number of carbonyl (C=O) groups excluding carboxylic acids is 1. The van der Waals surface area contributed by atoms with Gasteiger partial charge in [0.1, 0.15) is 12.7 Å². The Hall–Kier alpha value is -0.650. The third kappa shape index (κ3) is 16.0. The van der Waals surface area contributed by atoms with Gasteiger partial charge < -0.3 is 20.9 Å². The number of unbranched alkanes of at least 4 members (excludes halogenated alkanes) is 9. The summed E-state index contributed by atoms with van der Waals surface area (Å²) < 4.78 is 5.35. The van der Waals surface area contributed by atoms with Crippen molar-refractivity contribution in [2.24, 2.45) is 11.1 Å². The smallest absolute Gasteiger partial charge is 0.311 e. The lowest BCUT2D eigenvalue weighted by Gasteiger charge is -2.23. The molecule has 1 atom stereocenters. The number of aliphatic hydroxyl groups is 1. The molecule has 0 saturated carbocycles. The molecule has 0 aliphatic carbocycles. The Bertz CT molecular complexity index is 348. The number of nitrogens with one attached hydrogen (secondary N) is 1. The first kappa shape index (κ1) is 26.4. The number of nitrogens with two attached hydrogens (primary N) is 1. The zero-order chi connectivity index (χ0) is 20.4. The van der Waals surface area contributed by atoms with Crippen molar-refractivity contribution in [2.45, 2.75) is 104 Å². The monoisotopic (exact) mass is 386 g/mol. The van der Waals surface area contributed by atoms with Gasteiger partial charge in [-0.3, -0.25) is 4.79 Å². The van der Waals surface area contributed by atoms with Crippen LogP contribution in [0.3, 0.4) is 0 Å². The van der Waals surface area contributed by atoms with Crippen LogP contribution in [0.1, 0.15) is 97.8 Å². The van der Waals surface area contributed by atoms with Crippen LogP contribution in [0.15, 0.2) is 0 Å². The van der Waals surface area contributed by atoms with Crippen molar-refractivity contribution in [2.75, 3.05) is 26.2 Å². The average Bonchev–Trinajstić information content (AvgIpc) is 2.64. The van der Waals surface area contributed by atoms with Crippen molar-refractivity contribution in [3.05, 3.63) is 0 Å². The van der Waals surface area contributed by atoms with Gasteiger partial charge in [-0.05, 0) is 46.2 Å². The van der Waals surface area contributed by atoms with Crippen LogP contribution in [0, 0.1) is 5.41 Å². The maximum Gasteiger partial charge on any atom is 0.311 e. The van der Waals surface area contributed by atoms with E-state index in [4.69, 9.17) is 10.5 Å². The Balaban J connectivity index is 3.71. The molecule has 5 nitrogen and oxygen atoms in total. The van der Waals surface area contributed by atoms with Gasteiger partial charge in [0.15, 0.2) is 0 Å². The van der Waals surface area contributed by atoms with Crippen LogP contribution in [0.4, 0.5) is 0 Å². The van der Waals surface area contributed by atoms with Gasteiger partial charge >= 0.3 is 5.97 Å². The van der Waals surface area contributed by atoms with E-state index in [2.05, 4.69) is 12.2 Å². The zero-order valence-corrected chi connectivity index (χ0v) is 18.2. The summed E-state index contributed by atoms with van der Waals surface area (Å²) in [6, 6.07) is 0. The Kier molecular flexibility index (Phi) is 17.0. The molecule has 27 heavy (non-hydrogen) atoms. The van der Waals surface area contributed by atoms with E-state index in [1.54, 1.807) is 0 Å². The number of ether oxygens (including phenoxy) is 1. The van der Waals surface area contributed by atoms with Crippen LogP contribution in [0.2, 0.25) is 0 Å². The molecule has 162 valence electrons. The summed E-state index contributed by atoms with van der Waals surface area (Å²) in [6.07, 6.45) is 13.4. The lowest BCUT2D eigenvalue weighted by molar-refractivity contribution is -0.157. The molecule has 0 bridgehead atoms. The number of esters is 1. The van der Waals surface area contributed by atoms with Crippen LogP contribution in [-0.2, 0) is 9.53 Å². The van der Waals surface area contributed by atoms with E-state index < -0.39 is 11.5 Å². The molecule has 0 radical (unpaired) electrons. The summed E-state index contributed by atoms with van der Waals surface area (Å²) in [7, 11) is 0. The van der Waals surface area contributed by atoms with E-state index >= 15 is 0 Å². The summed E-state index contributed by atoms with van der Waals surface area (Å²) in [4.78, 5) is 12.3. The molecule has 4 N–H and O–H groups in total. The fraction of sp³-hybridized carbons (Fsp3) is 0.955. The molecule has 0 amide bonds. The topological polar surface area (TPSA) is 84.6 Å². The van der Waals surface area contributed by atoms with Crippen molar-refractivity contribution in [1.82, 2.24) is 5.32 Å². The highest BCUT2D eigenvalue weighted by Crippen LogP contribution is 2.26. The normalized spacial score (nSPS) is 12.9. The molecule has 0 spiro atoms. The minimum atomic E-state index is -0.646. The molecule has 1 unspecified atom stereocenters. The molecular weight excluding hydrogens is 340 g/mol.